The predicted octanol–water partition coefficient (Wildman–Crippen LogP) is 4.12. The highest BCUT2D eigenvalue weighted by Crippen LogP contribution is 2.23. The summed E-state index contributed by atoms with van der Waals surface area (Å²) < 4.78 is 5.19. The largest absolute Gasteiger partial charge is 0.481 e. The molecule has 1 amide bonds. The van der Waals surface area contributed by atoms with Gasteiger partial charge in [-0.15, -0.1) is 0 Å². The number of hydrogen-bond donors (Lipinski definition) is 2. The highest BCUT2D eigenvalue weighted by atomic mass is 35.5. The first-order valence-electron chi connectivity index (χ1n) is 8.70. The van der Waals surface area contributed by atoms with E-state index >= 15 is 0 Å². The molecule has 0 bridgehead atoms. The Morgan fingerprint density at radius 1 is 1.18 bits per heavy atom. The summed E-state index contributed by atoms with van der Waals surface area (Å²) in [6.07, 6.45) is 1.50. The number of nitrogens with one attached hydrogen (secondary N) is 1. The van der Waals surface area contributed by atoms with Crippen LogP contribution in [0.2, 0.25) is 5.02 Å². The smallest absolute Gasteiger partial charge is 0.305 e. The van der Waals surface area contributed by atoms with Gasteiger partial charge in [-0.25, -0.2) is 4.98 Å². The summed E-state index contributed by atoms with van der Waals surface area (Å²) in [6, 6.07) is 14.7. The highest BCUT2D eigenvalue weighted by Gasteiger charge is 2.20. The van der Waals surface area contributed by atoms with Crippen molar-refractivity contribution >= 4 is 23.5 Å². The van der Waals surface area contributed by atoms with Crippen LogP contribution in [0, 0.1) is 6.92 Å². The molecule has 0 saturated carbocycles. The van der Waals surface area contributed by atoms with Crippen molar-refractivity contribution in [2.45, 2.75) is 25.8 Å². The molecular formula is C21H19ClN2O4. The number of aromatic nitrogens is 1. The van der Waals surface area contributed by atoms with Crippen molar-refractivity contribution in [3.63, 3.8) is 0 Å². The molecule has 0 saturated heterocycles. The van der Waals surface area contributed by atoms with Crippen LogP contribution >= 0.6 is 11.6 Å². The average Bonchev–Trinajstić information content (AvgIpc) is 3.08. The van der Waals surface area contributed by atoms with Crippen LogP contribution in [-0.4, -0.2) is 28.0 Å². The van der Waals surface area contributed by atoms with Gasteiger partial charge in [0.15, 0.2) is 5.89 Å². The minimum Gasteiger partial charge on any atom is -0.481 e. The zero-order valence-corrected chi connectivity index (χ0v) is 15.9. The van der Waals surface area contributed by atoms with E-state index in [-0.39, 0.29) is 12.2 Å². The minimum absolute atomic E-state index is 0.0594. The molecule has 6 nitrogen and oxygen atoms in total. The summed E-state index contributed by atoms with van der Waals surface area (Å²) in [5.41, 5.74) is 2.91. The topological polar surface area (TPSA) is 92.4 Å². The van der Waals surface area contributed by atoms with Crippen LogP contribution in [0.25, 0.3) is 11.1 Å². The van der Waals surface area contributed by atoms with E-state index in [1.807, 2.05) is 48.5 Å². The second-order valence-corrected chi connectivity index (χ2v) is 6.86. The highest BCUT2D eigenvalue weighted by molar-refractivity contribution is 6.30. The summed E-state index contributed by atoms with van der Waals surface area (Å²) in [5.74, 6) is -1.04. The Hall–Kier alpha value is -3.12. The quantitative estimate of drug-likeness (QED) is 0.624. The molecule has 1 atom stereocenters. The Labute approximate surface area is 167 Å². The molecule has 2 aromatic carbocycles. The molecule has 0 fully saturated rings. The zero-order valence-electron chi connectivity index (χ0n) is 15.2. The second-order valence-electron chi connectivity index (χ2n) is 6.42. The van der Waals surface area contributed by atoms with Crippen LogP contribution in [0.15, 0.2) is 59.1 Å². The second kappa shape index (κ2) is 8.71. The van der Waals surface area contributed by atoms with Crippen molar-refractivity contribution in [3.05, 3.63) is 77.0 Å². The van der Waals surface area contributed by atoms with Crippen molar-refractivity contribution in [3.8, 4) is 11.1 Å². The molecule has 0 aliphatic heterocycles. The molecule has 1 heterocycles. The summed E-state index contributed by atoms with van der Waals surface area (Å²) in [4.78, 5) is 27.3. The van der Waals surface area contributed by atoms with Gasteiger partial charge < -0.3 is 14.8 Å². The number of carboxylic acids is 1. The number of carbonyl (C=O) groups is 2. The molecule has 7 heteroatoms. The van der Waals surface area contributed by atoms with Crippen molar-refractivity contribution < 1.29 is 19.1 Å². The monoisotopic (exact) mass is 398 g/mol. The molecule has 1 aromatic heterocycles. The summed E-state index contributed by atoms with van der Waals surface area (Å²) in [7, 11) is 0. The van der Waals surface area contributed by atoms with Crippen molar-refractivity contribution in [2.75, 3.05) is 0 Å². The van der Waals surface area contributed by atoms with Gasteiger partial charge in [0.2, 0.25) is 5.76 Å². The molecule has 0 spiro atoms. The third-order valence-electron chi connectivity index (χ3n) is 4.20. The minimum atomic E-state index is -0.991. The molecule has 0 aliphatic carbocycles. The summed E-state index contributed by atoms with van der Waals surface area (Å²) in [6.45, 7) is 1.63. The molecule has 2 N–H and O–H groups in total. The standard InChI is InChI=1S/C21H19ClN2O4/c1-13-23-12-19(28-13)21(27)24-18(11-20(25)26)9-14-5-7-15(8-6-14)16-3-2-4-17(22)10-16/h2-8,10,12,18H,9,11H2,1H3,(H,24,27)(H,25,26)/t18-/m1/s1. The Kier molecular flexibility index (Phi) is 6.11. The van der Waals surface area contributed by atoms with Gasteiger partial charge in [-0.05, 0) is 35.2 Å². The molecular weight excluding hydrogens is 380 g/mol. The van der Waals surface area contributed by atoms with E-state index in [4.69, 9.17) is 21.1 Å². The Morgan fingerprint density at radius 3 is 2.54 bits per heavy atom. The van der Waals surface area contributed by atoms with Crippen molar-refractivity contribution in [2.24, 2.45) is 0 Å². The maximum absolute atomic E-state index is 12.3. The van der Waals surface area contributed by atoms with E-state index in [2.05, 4.69) is 10.3 Å². The van der Waals surface area contributed by atoms with Gasteiger partial charge in [0.1, 0.15) is 0 Å². The van der Waals surface area contributed by atoms with Gasteiger partial charge in [-0.2, -0.15) is 0 Å². The number of carbonyl (C=O) groups excluding carboxylic acids is 1. The van der Waals surface area contributed by atoms with Crippen LogP contribution in [0.3, 0.4) is 0 Å². The summed E-state index contributed by atoms with van der Waals surface area (Å²) >= 11 is 6.04. The van der Waals surface area contributed by atoms with Crippen LogP contribution in [0.5, 0.6) is 0 Å². The van der Waals surface area contributed by atoms with Crippen LogP contribution in [-0.2, 0) is 11.2 Å². The number of carboxylic acid groups (broad SMARTS) is 1. The summed E-state index contributed by atoms with van der Waals surface area (Å²) in [5, 5.41) is 12.5. The lowest BCUT2D eigenvalue weighted by atomic mass is 9.99. The number of benzene rings is 2. The average molecular weight is 399 g/mol. The van der Waals surface area contributed by atoms with E-state index in [0.29, 0.717) is 17.3 Å². The third kappa shape index (κ3) is 5.20. The number of rotatable bonds is 7. The number of halogens is 1. The number of nitrogens with zero attached hydrogens (tertiary/aromatic N) is 1. The normalized spacial score (nSPS) is 11.8. The molecule has 0 aliphatic rings. The van der Waals surface area contributed by atoms with E-state index in [1.165, 1.54) is 6.20 Å². The molecule has 0 radical (unpaired) electrons. The number of amides is 1. The lowest BCUT2D eigenvalue weighted by Gasteiger charge is -2.16. The van der Waals surface area contributed by atoms with E-state index in [0.717, 1.165) is 16.7 Å². The number of aliphatic carboxylic acids is 1. The van der Waals surface area contributed by atoms with Crippen molar-refractivity contribution in [1.29, 1.82) is 0 Å². The molecule has 28 heavy (non-hydrogen) atoms. The first-order valence-corrected chi connectivity index (χ1v) is 9.08. The number of oxazole rings is 1. The fraction of sp³-hybridized carbons (Fsp3) is 0.190. The number of hydrogen-bond acceptors (Lipinski definition) is 4. The molecule has 3 rings (SSSR count). The first kappa shape index (κ1) is 19.6. The Balaban J connectivity index is 1.71. The third-order valence-corrected chi connectivity index (χ3v) is 4.43. The fourth-order valence-corrected chi connectivity index (χ4v) is 3.08. The van der Waals surface area contributed by atoms with E-state index in [9.17, 15) is 9.59 Å². The van der Waals surface area contributed by atoms with Gasteiger partial charge in [-0.3, -0.25) is 9.59 Å². The van der Waals surface area contributed by atoms with Gasteiger partial charge in [-0.1, -0.05) is 48.0 Å². The first-order chi connectivity index (χ1) is 13.4. The van der Waals surface area contributed by atoms with E-state index < -0.39 is 17.9 Å². The van der Waals surface area contributed by atoms with Crippen molar-refractivity contribution in [1.82, 2.24) is 10.3 Å². The lowest BCUT2D eigenvalue weighted by Crippen LogP contribution is -2.38. The SMILES string of the molecule is Cc1ncc(C(=O)N[C@@H](CC(=O)O)Cc2ccc(-c3cccc(Cl)c3)cc2)o1. The van der Waals surface area contributed by atoms with Crippen LogP contribution < -0.4 is 5.32 Å². The maximum Gasteiger partial charge on any atom is 0.305 e. The lowest BCUT2D eigenvalue weighted by molar-refractivity contribution is -0.137. The van der Waals surface area contributed by atoms with Gasteiger partial charge >= 0.3 is 5.97 Å². The van der Waals surface area contributed by atoms with Gasteiger partial charge in [0, 0.05) is 18.0 Å². The molecule has 0 unspecified atom stereocenters. The zero-order chi connectivity index (χ0) is 20.1. The van der Waals surface area contributed by atoms with E-state index in [1.54, 1.807) is 6.92 Å². The maximum atomic E-state index is 12.3. The van der Waals surface area contributed by atoms with Crippen LogP contribution in [0.1, 0.15) is 28.4 Å². The van der Waals surface area contributed by atoms with Crippen LogP contribution in [0.4, 0.5) is 0 Å². The predicted molar refractivity (Wildman–Crippen MR) is 105 cm³/mol. The Morgan fingerprint density at radius 2 is 1.93 bits per heavy atom. The fourth-order valence-electron chi connectivity index (χ4n) is 2.89. The van der Waals surface area contributed by atoms with Gasteiger partial charge in [0.05, 0.1) is 12.6 Å². The molecule has 144 valence electrons. The van der Waals surface area contributed by atoms with Gasteiger partial charge in [0.25, 0.3) is 5.91 Å². The Bertz CT molecular complexity index is 982. The number of aryl methyl sites for hydroxylation is 1. The molecule has 3 aromatic rings.